The number of phenols is 1. The minimum absolute atomic E-state index is 0. The summed E-state index contributed by atoms with van der Waals surface area (Å²) in [5, 5.41) is 16.5. The normalized spacial score (nSPS) is 10.7. The quantitative estimate of drug-likeness (QED) is 0.280. The summed E-state index contributed by atoms with van der Waals surface area (Å²) in [6.45, 7) is 3.88. The van der Waals surface area contributed by atoms with Gasteiger partial charge < -0.3 is 25.4 Å². The number of aromatic hydroxyl groups is 1. The highest BCUT2D eigenvalue weighted by Gasteiger charge is 2.07. The fourth-order valence-corrected chi connectivity index (χ4v) is 2.72. The first-order chi connectivity index (χ1) is 13.9. The van der Waals surface area contributed by atoms with E-state index < -0.39 is 0 Å². The average molecular weight is 526 g/mol. The van der Waals surface area contributed by atoms with Crippen LogP contribution in [0.1, 0.15) is 28.4 Å². The Hall–Kier alpha value is -2.49. The summed E-state index contributed by atoms with van der Waals surface area (Å²) in [6, 6.07) is 12.8. The summed E-state index contributed by atoms with van der Waals surface area (Å²) in [7, 11) is 5.05. The van der Waals surface area contributed by atoms with Crippen LogP contribution in [0.3, 0.4) is 0 Å². The van der Waals surface area contributed by atoms with Crippen LogP contribution in [-0.4, -0.2) is 56.2 Å². The van der Waals surface area contributed by atoms with Gasteiger partial charge in [0.1, 0.15) is 11.5 Å². The number of guanidine groups is 1. The van der Waals surface area contributed by atoms with Gasteiger partial charge in [-0.3, -0.25) is 4.79 Å². The largest absolute Gasteiger partial charge is 0.508 e. The zero-order chi connectivity index (χ0) is 21.2. The van der Waals surface area contributed by atoms with Crippen LogP contribution < -0.4 is 15.4 Å². The van der Waals surface area contributed by atoms with Crippen molar-refractivity contribution in [2.75, 3.05) is 34.3 Å². The highest BCUT2D eigenvalue weighted by Crippen LogP contribution is 2.23. The summed E-state index contributed by atoms with van der Waals surface area (Å²) in [4.78, 5) is 18.1. The van der Waals surface area contributed by atoms with Crippen LogP contribution in [0.5, 0.6) is 11.5 Å². The molecule has 3 N–H and O–H groups in total. The van der Waals surface area contributed by atoms with Crippen molar-refractivity contribution in [3.63, 3.8) is 0 Å². The highest BCUT2D eigenvalue weighted by molar-refractivity contribution is 14.0. The molecule has 8 heteroatoms. The van der Waals surface area contributed by atoms with Gasteiger partial charge in [-0.25, -0.2) is 4.99 Å². The molecule has 0 aromatic heterocycles. The molecule has 0 bridgehead atoms. The lowest BCUT2D eigenvalue weighted by Crippen LogP contribution is -2.38. The van der Waals surface area contributed by atoms with Gasteiger partial charge in [-0.2, -0.15) is 0 Å². The fraction of sp³-hybridized carbons (Fsp3) is 0.364. The van der Waals surface area contributed by atoms with Crippen LogP contribution in [0, 0.1) is 0 Å². The number of nitrogens with one attached hydrogen (secondary N) is 2. The summed E-state index contributed by atoms with van der Waals surface area (Å²) < 4.78 is 5.10. The van der Waals surface area contributed by atoms with Crippen LogP contribution in [0.15, 0.2) is 47.5 Å². The van der Waals surface area contributed by atoms with Crippen molar-refractivity contribution in [2.45, 2.75) is 19.9 Å². The number of nitrogens with zero attached hydrogens (tertiary/aromatic N) is 2. The molecule has 2 aromatic rings. The van der Waals surface area contributed by atoms with E-state index in [0.717, 1.165) is 17.7 Å². The van der Waals surface area contributed by atoms with Gasteiger partial charge in [0, 0.05) is 38.8 Å². The molecule has 0 radical (unpaired) electrons. The number of benzene rings is 2. The van der Waals surface area contributed by atoms with Gasteiger partial charge in [0.25, 0.3) is 5.91 Å². The van der Waals surface area contributed by atoms with E-state index in [0.29, 0.717) is 36.8 Å². The van der Waals surface area contributed by atoms with E-state index in [1.54, 1.807) is 32.2 Å². The smallest absolute Gasteiger partial charge is 0.253 e. The second-order valence-electron chi connectivity index (χ2n) is 6.76. The van der Waals surface area contributed by atoms with Gasteiger partial charge >= 0.3 is 0 Å². The Kier molecular flexibility index (Phi) is 11.0. The Bertz CT molecular complexity index is 839. The molecular weight excluding hydrogens is 495 g/mol. The number of hydrogen-bond donors (Lipinski definition) is 3. The third-order valence-electron chi connectivity index (χ3n) is 4.35. The molecule has 0 heterocycles. The Labute approximate surface area is 195 Å². The zero-order valence-corrected chi connectivity index (χ0v) is 20.3. The molecule has 0 spiro atoms. The molecular formula is C22H31IN4O3. The van der Waals surface area contributed by atoms with Crippen molar-refractivity contribution in [3.8, 4) is 11.5 Å². The van der Waals surface area contributed by atoms with Gasteiger partial charge in [-0.1, -0.05) is 18.2 Å². The topological polar surface area (TPSA) is 86.2 Å². The second-order valence-corrected chi connectivity index (χ2v) is 6.76. The molecule has 0 aliphatic heterocycles. The van der Waals surface area contributed by atoms with Gasteiger partial charge in [0.05, 0.1) is 13.7 Å². The van der Waals surface area contributed by atoms with Gasteiger partial charge in [0.2, 0.25) is 0 Å². The van der Waals surface area contributed by atoms with E-state index in [2.05, 4.69) is 15.6 Å². The number of rotatable bonds is 8. The van der Waals surface area contributed by atoms with Gasteiger partial charge in [-0.15, -0.1) is 24.0 Å². The Balaban J connectivity index is 0.00000450. The third-order valence-corrected chi connectivity index (χ3v) is 4.35. The number of aliphatic imine (C=N–C) groups is 1. The van der Waals surface area contributed by atoms with Crippen molar-refractivity contribution in [2.24, 2.45) is 4.99 Å². The van der Waals surface area contributed by atoms with Crippen molar-refractivity contribution < 1.29 is 14.6 Å². The van der Waals surface area contributed by atoms with E-state index in [9.17, 15) is 9.90 Å². The standard InChI is InChI=1S/C22H30N4O3.HI/c1-5-23-22(24-13-12-17-10-11-19(29-4)14-20(17)27)25-15-16-6-8-18(9-7-16)21(28)26(2)3;/h6-11,14,27H,5,12-13,15H2,1-4H3,(H2,23,24,25);1H. The first kappa shape index (κ1) is 25.5. The lowest BCUT2D eigenvalue weighted by atomic mass is 10.1. The molecule has 2 rings (SSSR count). The number of ether oxygens (including phenoxy) is 1. The number of phenolic OH excluding ortho intramolecular Hbond substituents is 1. The monoisotopic (exact) mass is 526 g/mol. The first-order valence-corrected chi connectivity index (χ1v) is 9.63. The average Bonchev–Trinajstić information content (AvgIpc) is 2.72. The number of methoxy groups -OCH3 is 1. The first-order valence-electron chi connectivity index (χ1n) is 9.63. The van der Waals surface area contributed by atoms with Crippen LogP contribution in [0.25, 0.3) is 0 Å². The van der Waals surface area contributed by atoms with E-state index in [1.165, 1.54) is 0 Å². The van der Waals surface area contributed by atoms with E-state index in [4.69, 9.17) is 4.74 Å². The summed E-state index contributed by atoms with van der Waals surface area (Å²) in [6.07, 6.45) is 0.654. The lowest BCUT2D eigenvalue weighted by Gasteiger charge is -2.13. The molecule has 2 aromatic carbocycles. The van der Waals surface area contributed by atoms with Gasteiger partial charge in [0.15, 0.2) is 5.96 Å². The zero-order valence-electron chi connectivity index (χ0n) is 17.9. The molecule has 7 nitrogen and oxygen atoms in total. The van der Waals surface area contributed by atoms with Crippen molar-refractivity contribution in [1.82, 2.24) is 15.5 Å². The number of hydrogen-bond acceptors (Lipinski definition) is 4. The van der Waals surface area contributed by atoms with E-state index in [-0.39, 0.29) is 35.6 Å². The minimum Gasteiger partial charge on any atom is -0.508 e. The predicted octanol–water partition coefficient (Wildman–Crippen LogP) is 3.02. The van der Waals surface area contributed by atoms with E-state index >= 15 is 0 Å². The molecule has 0 fully saturated rings. The molecule has 0 aliphatic carbocycles. The number of carbonyl (C=O) groups is 1. The van der Waals surface area contributed by atoms with Gasteiger partial charge in [-0.05, 0) is 42.7 Å². The maximum Gasteiger partial charge on any atom is 0.253 e. The van der Waals surface area contributed by atoms with Crippen molar-refractivity contribution in [1.29, 1.82) is 0 Å². The predicted molar refractivity (Wildman–Crippen MR) is 131 cm³/mol. The maximum absolute atomic E-state index is 12.0. The molecule has 0 saturated carbocycles. The lowest BCUT2D eigenvalue weighted by molar-refractivity contribution is 0.0827. The van der Waals surface area contributed by atoms with Crippen molar-refractivity contribution in [3.05, 3.63) is 59.2 Å². The molecule has 0 aliphatic rings. The second kappa shape index (κ2) is 12.9. The number of amides is 1. The third kappa shape index (κ3) is 7.74. The highest BCUT2D eigenvalue weighted by atomic mass is 127. The SMILES string of the molecule is CCNC(=NCc1ccc(C(=O)N(C)C)cc1)NCCc1ccc(OC)cc1O.I. The Morgan fingerprint density at radius 1 is 1.13 bits per heavy atom. The summed E-state index contributed by atoms with van der Waals surface area (Å²) in [5.41, 5.74) is 2.52. The fourth-order valence-electron chi connectivity index (χ4n) is 2.72. The van der Waals surface area contributed by atoms with Crippen LogP contribution >= 0.6 is 24.0 Å². The van der Waals surface area contributed by atoms with E-state index in [1.807, 2.05) is 43.3 Å². The van der Waals surface area contributed by atoms with Crippen LogP contribution in [0.2, 0.25) is 0 Å². The molecule has 164 valence electrons. The molecule has 30 heavy (non-hydrogen) atoms. The summed E-state index contributed by atoms with van der Waals surface area (Å²) >= 11 is 0. The van der Waals surface area contributed by atoms with Crippen LogP contribution in [0.4, 0.5) is 0 Å². The number of carbonyl (C=O) groups excluding carboxylic acids is 1. The molecule has 0 unspecified atom stereocenters. The number of halogens is 1. The minimum atomic E-state index is -0.0168. The van der Waals surface area contributed by atoms with Crippen LogP contribution in [-0.2, 0) is 13.0 Å². The Morgan fingerprint density at radius 3 is 2.40 bits per heavy atom. The molecule has 0 saturated heterocycles. The summed E-state index contributed by atoms with van der Waals surface area (Å²) in [5.74, 6) is 1.54. The molecule has 0 atom stereocenters. The molecule has 1 amide bonds. The van der Waals surface area contributed by atoms with Crippen molar-refractivity contribution >= 4 is 35.8 Å². The Morgan fingerprint density at radius 2 is 1.83 bits per heavy atom. The maximum atomic E-state index is 12.0.